The summed E-state index contributed by atoms with van der Waals surface area (Å²) in [6, 6.07) is 9.64. The first-order valence-corrected chi connectivity index (χ1v) is 7.55. The summed E-state index contributed by atoms with van der Waals surface area (Å²) in [6.45, 7) is 5.21. The van der Waals surface area contributed by atoms with E-state index in [1.165, 1.54) is 5.56 Å². The second-order valence-corrected chi connectivity index (χ2v) is 5.64. The molecule has 1 aromatic heterocycles. The maximum Gasteiger partial charge on any atom is 0.134 e. The van der Waals surface area contributed by atoms with E-state index in [-0.39, 0.29) is 0 Å². The zero-order chi connectivity index (χ0) is 14.5. The molecular formula is C15H16BrClN2O. The second-order valence-electron chi connectivity index (χ2n) is 4.38. The zero-order valence-electron chi connectivity index (χ0n) is 11.4. The van der Waals surface area contributed by atoms with Crippen molar-refractivity contribution in [3.63, 3.8) is 0 Å². The minimum atomic E-state index is 0.333. The van der Waals surface area contributed by atoms with Crippen LogP contribution in [0.5, 0.6) is 5.75 Å². The van der Waals surface area contributed by atoms with Gasteiger partial charge in [0.05, 0.1) is 15.2 Å². The Morgan fingerprint density at radius 1 is 1.30 bits per heavy atom. The molecule has 0 atom stereocenters. The minimum Gasteiger partial charge on any atom is -0.486 e. The number of pyridine rings is 1. The molecule has 20 heavy (non-hydrogen) atoms. The maximum absolute atomic E-state index is 6.15. The van der Waals surface area contributed by atoms with Gasteiger partial charge in [0.2, 0.25) is 0 Å². The van der Waals surface area contributed by atoms with Crippen LogP contribution in [0.3, 0.4) is 0 Å². The number of hydrogen-bond donors (Lipinski definition) is 1. The van der Waals surface area contributed by atoms with Crippen molar-refractivity contribution in [1.82, 2.24) is 4.98 Å². The maximum atomic E-state index is 6.15. The van der Waals surface area contributed by atoms with Crippen LogP contribution in [0, 0.1) is 6.92 Å². The molecule has 0 fully saturated rings. The summed E-state index contributed by atoms with van der Waals surface area (Å²) in [5.74, 6) is 1.58. The van der Waals surface area contributed by atoms with Gasteiger partial charge in [0, 0.05) is 6.54 Å². The smallest absolute Gasteiger partial charge is 0.134 e. The second kappa shape index (κ2) is 6.95. The molecule has 1 aromatic carbocycles. The lowest BCUT2D eigenvalue weighted by Crippen LogP contribution is -2.04. The third-order valence-corrected chi connectivity index (χ3v) is 3.69. The van der Waals surface area contributed by atoms with E-state index in [2.05, 4.69) is 26.2 Å². The summed E-state index contributed by atoms with van der Waals surface area (Å²) < 4.78 is 6.70. The van der Waals surface area contributed by atoms with Crippen LogP contribution in [0.2, 0.25) is 5.02 Å². The topological polar surface area (TPSA) is 34.1 Å². The van der Waals surface area contributed by atoms with Crippen molar-refractivity contribution in [3.05, 3.63) is 51.1 Å². The summed E-state index contributed by atoms with van der Waals surface area (Å²) in [7, 11) is 0. The average Bonchev–Trinajstić information content (AvgIpc) is 2.41. The summed E-state index contributed by atoms with van der Waals surface area (Å²) >= 11 is 9.63. The Balaban J connectivity index is 2.11. The number of nitrogens with zero attached hydrogens (tertiary/aromatic N) is 1. The molecule has 0 bridgehead atoms. The third kappa shape index (κ3) is 3.87. The number of nitrogens with one attached hydrogen (secondary N) is 1. The van der Waals surface area contributed by atoms with Crippen molar-refractivity contribution in [3.8, 4) is 5.75 Å². The Kier molecular flexibility index (Phi) is 5.26. The molecule has 0 aliphatic heterocycles. The van der Waals surface area contributed by atoms with E-state index < -0.39 is 0 Å². The van der Waals surface area contributed by atoms with Crippen LogP contribution in [0.4, 0.5) is 5.82 Å². The van der Waals surface area contributed by atoms with Gasteiger partial charge in [0.15, 0.2) is 0 Å². The van der Waals surface area contributed by atoms with Crippen LogP contribution in [0.1, 0.15) is 18.2 Å². The van der Waals surface area contributed by atoms with Crippen molar-refractivity contribution in [1.29, 1.82) is 0 Å². The van der Waals surface area contributed by atoms with Gasteiger partial charge in [-0.05, 0) is 59.6 Å². The Morgan fingerprint density at radius 3 is 2.80 bits per heavy atom. The summed E-state index contributed by atoms with van der Waals surface area (Å²) in [5, 5.41) is 3.76. The summed E-state index contributed by atoms with van der Waals surface area (Å²) in [5.41, 5.74) is 1.90. The van der Waals surface area contributed by atoms with Gasteiger partial charge in [-0.25, -0.2) is 4.98 Å². The highest BCUT2D eigenvalue weighted by Gasteiger charge is 2.07. The Hall–Kier alpha value is -1.26. The van der Waals surface area contributed by atoms with Gasteiger partial charge >= 0.3 is 0 Å². The third-order valence-electron chi connectivity index (χ3n) is 2.73. The predicted octanol–water partition coefficient (Wildman–Crippen LogP) is 4.82. The normalized spacial score (nSPS) is 10.4. The van der Waals surface area contributed by atoms with E-state index in [0.717, 1.165) is 28.3 Å². The number of anilines is 1. The molecule has 0 aliphatic carbocycles. The van der Waals surface area contributed by atoms with E-state index in [1.807, 2.05) is 44.2 Å². The number of benzene rings is 1. The fourth-order valence-corrected chi connectivity index (χ4v) is 2.50. The van der Waals surface area contributed by atoms with Crippen LogP contribution < -0.4 is 10.1 Å². The first-order valence-electron chi connectivity index (χ1n) is 6.38. The highest BCUT2D eigenvalue weighted by Crippen LogP contribution is 2.27. The van der Waals surface area contributed by atoms with E-state index in [4.69, 9.17) is 16.3 Å². The van der Waals surface area contributed by atoms with Crippen LogP contribution in [-0.2, 0) is 6.61 Å². The molecule has 0 unspecified atom stereocenters. The molecule has 1 heterocycles. The molecule has 1 N–H and O–H groups in total. The SMILES string of the molecule is CCNc1ccc(Cl)c(COc2ccc(C)cc2Br)n1. The molecule has 0 radical (unpaired) electrons. The molecule has 3 nitrogen and oxygen atoms in total. The fraction of sp³-hybridized carbons (Fsp3) is 0.267. The number of ether oxygens (including phenoxy) is 1. The number of halogens is 2. The van der Waals surface area contributed by atoms with E-state index in [1.54, 1.807) is 0 Å². The number of aryl methyl sites for hydroxylation is 1. The molecule has 5 heteroatoms. The lowest BCUT2D eigenvalue weighted by atomic mass is 10.2. The Morgan fingerprint density at radius 2 is 2.10 bits per heavy atom. The molecule has 0 aliphatic rings. The van der Waals surface area contributed by atoms with Crippen molar-refractivity contribution in [2.45, 2.75) is 20.5 Å². The van der Waals surface area contributed by atoms with Gasteiger partial charge in [0.25, 0.3) is 0 Å². The average molecular weight is 356 g/mol. The van der Waals surface area contributed by atoms with Crippen molar-refractivity contribution >= 4 is 33.3 Å². The largest absolute Gasteiger partial charge is 0.486 e. The molecule has 0 saturated heterocycles. The number of hydrogen-bond acceptors (Lipinski definition) is 3. The predicted molar refractivity (Wildman–Crippen MR) is 86.6 cm³/mol. The van der Waals surface area contributed by atoms with Crippen LogP contribution in [0.25, 0.3) is 0 Å². The molecule has 0 amide bonds. The van der Waals surface area contributed by atoms with Gasteiger partial charge in [-0.3, -0.25) is 0 Å². The lowest BCUT2D eigenvalue weighted by molar-refractivity contribution is 0.299. The molecule has 106 valence electrons. The first kappa shape index (κ1) is 15.1. The quantitative estimate of drug-likeness (QED) is 0.835. The van der Waals surface area contributed by atoms with Crippen molar-refractivity contribution < 1.29 is 4.74 Å². The van der Waals surface area contributed by atoms with Crippen LogP contribution in [-0.4, -0.2) is 11.5 Å². The highest BCUT2D eigenvalue weighted by molar-refractivity contribution is 9.10. The van der Waals surface area contributed by atoms with Gasteiger partial charge in [-0.1, -0.05) is 17.7 Å². The van der Waals surface area contributed by atoms with Gasteiger partial charge in [0.1, 0.15) is 18.2 Å². The molecule has 2 aromatic rings. The standard InChI is InChI=1S/C15H16BrClN2O/c1-3-18-15-7-5-12(17)13(19-15)9-20-14-6-4-10(2)8-11(14)16/h4-8H,3,9H2,1-2H3,(H,18,19). The lowest BCUT2D eigenvalue weighted by Gasteiger charge is -2.11. The van der Waals surface area contributed by atoms with Gasteiger partial charge in [-0.2, -0.15) is 0 Å². The van der Waals surface area contributed by atoms with Crippen LogP contribution in [0.15, 0.2) is 34.8 Å². The first-order chi connectivity index (χ1) is 9.60. The van der Waals surface area contributed by atoms with Crippen molar-refractivity contribution in [2.75, 3.05) is 11.9 Å². The van der Waals surface area contributed by atoms with E-state index in [0.29, 0.717) is 11.6 Å². The Bertz CT molecular complexity index is 604. The molecular weight excluding hydrogens is 340 g/mol. The van der Waals surface area contributed by atoms with Gasteiger partial charge in [-0.15, -0.1) is 0 Å². The monoisotopic (exact) mass is 354 g/mol. The van der Waals surface area contributed by atoms with E-state index in [9.17, 15) is 0 Å². The van der Waals surface area contributed by atoms with Gasteiger partial charge < -0.3 is 10.1 Å². The fourth-order valence-electron chi connectivity index (χ4n) is 1.73. The minimum absolute atomic E-state index is 0.333. The summed E-state index contributed by atoms with van der Waals surface area (Å²) in [4.78, 5) is 4.44. The highest BCUT2D eigenvalue weighted by atomic mass is 79.9. The Labute approximate surface area is 132 Å². The molecule has 0 saturated carbocycles. The number of aromatic nitrogens is 1. The number of rotatable bonds is 5. The van der Waals surface area contributed by atoms with E-state index >= 15 is 0 Å². The molecule has 0 spiro atoms. The van der Waals surface area contributed by atoms with Crippen molar-refractivity contribution in [2.24, 2.45) is 0 Å². The van der Waals surface area contributed by atoms with Crippen LogP contribution >= 0.6 is 27.5 Å². The zero-order valence-corrected chi connectivity index (χ0v) is 13.8. The molecule has 2 rings (SSSR count). The summed E-state index contributed by atoms with van der Waals surface area (Å²) in [6.07, 6.45) is 0.